The highest BCUT2D eigenvalue weighted by Crippen LogP contribution is 2.37. The Morgan fingerprint density at radius 1 is 1.22 bits per heavy atom. The van der Waals surface area contributed by atoms with Crippen molar-refractivity contribution in [2.45, 2.75) is 56.9 Å². The molecule has 2 aliphatic heterocycles. The van der Waals surface area contributed by atoms with Gasteiger partial charge in [-0.25, -0.2) is 0 Å². The Kier molecular flexibility index (Phi) is 5.58. The number of ether oxygens (including phenoxy) is 2. The van der Waals surface area contributed by atoms with E-state index >= 15 is 0 Å². The predicted octanol–water partition coefficient (Wildman–Crippen LogP) is 3.16. The highest BCUT2D eigenvalue weighted by molar-refractivity contribution is 5.86. The van der Waals surface area contributed by atoms with Crippen molar-refractivity contribution in [2.24, 2.45) is 5.92 Å². The number of hydrogen-bond acceptors (Lipinski definition) is 4. The summed E-state index contributed by atoms with van der Waals surface area (Å²) in [7, 11) is 1.67. The van der Waals surface area contributed by atoms with E-state index in [0.717, 1.165) is 43.9 Å². The number of nitrogens with zero attached hydrogens (tertiary/aromatic N) is 1. The van der Waals surface area contributed by atoms with Gasteiger partial charge in [0.05, 0.1) is 13.7 Å². The van der Waals surface area contributed by atoms with Gasteiger partial charge in [0, 0.05) is 12.5 Å². The SMILES string of the molecule is COc1cccc2c1OC[C@H](CNC(=O)C1(N3CCCC3)CCCCC1)C2. The molecule has 1 aromatic carbocycles. The van der Waals surface area contributed by atoms with Crippen molar-refractivity contribution in [3.63, 3.8) is 0 Å². The summed E-state index contributed by atoms with van der Waals surface area (Å²) in [4.78, 5) is 15.8. The zero-order chi connectivity index (χ0) is 18.7. The Morgan fingerprint density at radius 3 is 2.74 bits per heavy atom. The smallest absolute Gasteiger partial charge is 0.240 e. The lowest BCUT2D eigenvalue weighted by molar-refractivity contribution is -0.135. The molecule has 2 heterocycles. The van der Waals surface area contributed by atoms with Crippen molar-refractivity contribution in [1.29, 1.82) is 0 Å². The zero-order valence-corrected chi connectivity index (χ0v) is 16.5. The number of rotatable bonds is 5. The van der Waals surface area contributed by atoms with E-state index in [0.29, 0.717) is 19.1 Å². The molecular weight excluding hydrogens is 340 g/mol. The number of carbonyl (C=O) groups is 1. The maximum atomic E-state index is 13.3. The van der Waals surface area contributed by atoms with Gasteiger partial charge in [-0.2, -0.15) is 0 Å². The molecule has 5 heteroatoms. The maximum absolute atomic E-state index is 13.3. The molecule has 3 aliphatic rings. The first-order chi connectivity index (χ1) is 13.2. The van der Waals surface area contributed by atoms with Crippen LogP contribution in [0.25, 0.3) is 0 Å². The van der Waals surface area contributed by atoms with Gasteiger partial charge < -0.3 is 14.8 Å². The second kappa shape index (κ2) is 8.09. The molecular formula is C22H32N2O3. The molecule has 0 unspecified atom stereocenters. The summed E-state index contributed by atoms with van der Waals surface area (Å²) in [6.07, 6.45) is 9.00. The number of hydrogen-bond donors (Lipinski definition) is 1. The van der Waals surface area contributed by atoms with Crippen LogP contribution in [0.1, 0.15) is 50.5 Å². The van der Waals surface area contributed by atoms with Crippen LogP contribution in [0.5, 0.6) is 11.5 Å². The third-order valence-electron chi connectivity index (χ3n) is 6.62. The van der Waals surface area contributed by atoms with Gasteiger partial charge >= 0.3 is 0 Å². The second-order valence-electron chi connectivity index (χ2n) is 8.33. The molecule has 1 aromatic rings. The summed E-state index contributed by atoms with van der Waals surface area (Å²) in [5.74, 6) is 2.22. The maximum Gasteiger partial charge on any atom is 0.240 e. The van der Waals surface area contributed by atoms with Gasteiger partial charge in [0.1, 0.15) is 5.54 Å². The largest absolute Gasteiger partial charge is 0.493 e. The molecule has 1 saturated carbocycles. The summed E-state index contributed by atoms with van der Waals surface area (Å²) in [6, 6.07) is 6.04. The second-order valence-corrected chi connectivity index (χ2v) is 8.33. The number of benzene rings is 1. The predicted molar refractivity (Wildman–Crippen MR) is 105 cm³/mol. The molecule has 0 radical (unpaired) electrons. The quantitative estimate of drug-likeness (QED) is 0.863. The molecule has 1 atom stereocenters. The van der Waals surface area contributed by atoms with Crippen LogP contribution in [0.4, 0.5) is 0 Å². The van der Waals surface area contributed by atoms with Crippen molar-refractivity contribution in [2.75, 3.05) is 33.4 Å². The molecule has 1 aliphatic carbocycles. The molecule has 1 N–H and O–H groups in total. The molecule has 5 nitrogen and oxygen atoms in total. The topological polar surface area (TPSA) is 50.8 Å². The van der Waals surface area contributed by atoms with Crippen LogP contribution in [0, 0.1) is 5.92 Å². The highest BCUT2D eigenvalue weighted by atomic mass is 16.5. The van der Waals surface area contributed by atoms with Gasteiger partial charge in [-0.15, -0.1) is 0 Å². The van der Waals surface area contributed by atoms with Gasteiger partial charge in [-0.05, 0) is 56.8 Å². The summed E-state index contributed by atoms with van der Waals surface area (Å²) in [5.41, 5.74) is 0.914. The van der Waals surface area contributed by atoms with E-state index in [-0.39, 0.29) is 11.4 Å². The lowest BCUT2D eigenvalue weighted by Gasteiger charge is -2.43. The van der Waals surface area contributed by atoms with Gasteiger partial charge in [-0.3, -0.25) is 9.69 Å². The lowest BCUT2D eigenvalue weighted by Crippen LogP contribution is -2.59. The van der Waals surface area contributed by atoms with Crippen LogP contribution >= 0.6 is 0 Å². The normalized spacial score (nSPS) is 24.7. The number of methoxy groups -OCH3 is 1. The number of carbonyl (C=O) groups excluding carboxylic acids is 1. The number of amides is 1. The Morgan fingerprint density at radius 2 is 2.00 bits per heavy atom. The van der Waals surface area contributed by atoms with Gasteiger partial charge in [0.15, 0.2) is 11.5 Å². The minimum absolute atomic E-state index is 0.250. The number of likely N-dealkylation sites (tertiary alicyclic amines) is 1. The van der Waals surface area contributed by atoms with Crippen molar-refractivity contribution >= 4 is 5.91 Å². The molecule has 0 spiro atoms. The van der Waals surface area contributed by atoms with Crippen molar-refractivity contribution < 1.29 is 14.3 Å². The summed E-state index contributed by atoms with van der Waals surface area (Å²) >= 11 is 0. The van der Waals surface area contributed by atoms with Crippen LogP contribution in [0.2, 0.25) is 0 Å². The van der Waals surface area contributed by atoms with Gasteiger partial charge in [0.25, 0.3) is 0 Å². The molecule has 2 fully saturated rings. The molecule has 27 heavy (non-hydrogen) atoms. The standard InChI is InChI=1S/C22H32N2O3/c1-26-19-9-7-8-18-14-17(16-27-20(18)19)15-23-21(25)22(10-3-2-4-11-22)24-12-5-6-13-24/h7-9,17H,2-6,10-16H2,1H3,(H,23,25)/t17-/m0/s1. The van der Waals surface area contributed by atoms with Crippen LogP contribution in [-0.4, -0.2) is 49.7 Å². The van der Waals surface area contributed by atoms with Crippen LogP contribution in [-0.2, 0) is 11.2 Å². The summed E-state index contributed by atoms with van der Waals surface area (Å²) in [6.45, 7) is 3.47. The van der Waals surface area contributed by atoms with E-state index in [9.17, 15) is 4.79 Å². The van der Waals surface area contributed by atoms with Crippen molar-refractivity contribution in [3.05, 3.63) is 23.8 Å². The number of para-hydroxylation sites is 1. The molecule has 1 saturated heterocycles. The Balaban J connectivity index is 1.39. The van der Waals surface area contributed by atoms with Crippen molar-refractivity contribution in [1.82, 2.24) is 10.2 Å². The molecule has 0 aromatic heterocycles. The fourth-order valence-electron chi connectivity index (χ4n) is 5.12. The Hall–Kier alpha value is -1.75. The molecule has 148 valence electrons. The Bertz CT molecular complexity index is 664. The summed E-state index contributed by atoms with van der Waals surface area (Å²) < 4.78 is 11.4. The van der Waals surface area contributed by atoms with E-state index in [4.69, 9.17) is 9.47 Å². The number of fused-ring (bicyclic) bond motifs is 1. The lowest BCUT2D eigenvalue weighted by atomic mass is 9.79. The monoisotopic (exact) mass is 372 g/mol. The minimum Gasteiger partial charge on any atom is -0.493 e. The van der Waals surface area contributed by atoms with E-state index in [1.165, 1.54) is 37.7 Å². The Labute approximate surface area is 162 Å². The third-order valence-corrected chi connectivity index (χ3v) is 6.62. The zero-order valence-electron chi connectivity index (χ0n) is 16.5. The first-order valence-electron chi connectivity index (χ1n) is 10.5. The van der Waals surface area contributed by atoms with Gasteiger partial charge in [-0.1, -0.05) is 31.4 Å². The van der Waals surface area contributed by atoms with Gasteiger partial charge in [0.2, 0.25) is 5.91 Å². The van der Waals surface area contributed by atoms with E-state index in [1.807, 2.05) is 12.1 Å². The first-order valence-corrected chi connectivity index (χ1v) is 10.5. The summed E-state index contributed by atoms with van der Waals surface area (Å²) in [5, 5.41) is 3.31. The van der Waals surface area contributed by atoms with Crippen LogP contribution in [0.15, 0.2) is 18.2 Å². The first kappa shape index (κ1) is 18.6. The minimum atomic E-state index is -0.259. The molecule has 1 amide bonds. The van der Waals surface area contributed by atoms with E-state index < -0.39 is 0 Å². The van der Waals surface area contributed by atoms with Crippen LogP contribution in [0.3, 0.4) is 0 Å². The average Bonchev–Trinajstić information content (AvgIpc) is 3.27. The fraction of sp³-hybridized carbons (Fsp3) is 0.682. The van der Waals surface area contributed by atoms with Crippen LogP contribution < -0.4 is 14.8 Å². The molecule has 0 bridgehead atoms. The van der Waals surface area contributed by atoms with E-state index in [2.05, 4.69) is 16.3 Å². The van der Waals surface area contributed by atoms with E-state index in [1.54, 1.807) is 7.11 Å². The molecule has 4 rings (SSSR count). The fourth-order valence-corrected chi connectivity index (χ4v) is 5.12. The average molecular weight is 373 g/mol. The number of nitrogens with one attached hydrogen (secondary N) is 1. The third kappa shape index (κ3) is 3.66. The van der Waals surface area contributed by atoms with Crippen molar-refractivity contribution in [3.8, 4) is 11.5 Å². The highest BCUT2D eigenvalue weighted by Gasteiger charge is 2.45.